The summed E-state index contributed by atoms with van der Waals surface area (Å²) in [5.74, 6) is -0.368. The van der Waals surface area contributed by atoms with Crippen LogP contribution in [0.15, 0.2) is 42.6 Å². The van der Waals surface area contributed by atoms with Gasteiger partial charge in [-0.25, -0.2) is 0 Å². The number of nitrogens with two attached hydrogens (primary N) is 1. The molecule has 0 spiro atoms. The molecule has 1 fully saturated rings. The Hall–Kier alpha value is -3.21. The summed E-state index contributed by atoms with van der Waals surface area (Å²) in [6, 6.07) is 11.9. The van der Waals surface area contributed by atoms with E-state index in [1.165, 1.54) is 0 Å². The van der Waals surface area contributed by atoms with Crippen LogP contribution in [0.3, 0.4) is 0 Å². The van der Waals surface area contributed by atoms with E-state index in [9.17, 15) is 9.59 Å². The number of aryl methyl sites for hydroxylation is 3. The van der Waals surface area contributed by atoms with Crippen LogP contribution in [0.25, 0.3) is 10.9 Å². The molecule has 1 aliphatic rings. The van der Waals surface area contributed by atoms with Gasteiger partial charge in [0.25, 0.3) is 0 Å². The zero-order chi connectivity index (χ0) is 21.4. The fourth-order valence-electron chi connectivity index (χ4n) is 4.23. The molecule has 1 amide bonds. The topological polar surface area (TPSA) is 76.3 Å². The number of rotatable bonds is 4. The number of carbonyl (C=O) groups is 2. The van der Waals surface area contributed by atoms with Gasteiger partial charge in [0.05, 0.1) is 16.8 Å². The van der Waals surface area contributed by atoms with Crippen LogP contribution in [0.4, 0.5) is 5.69 Å². The first-order valence-corrected chi connectivity index (χ1v) is 10.4. The number of aromatic nitrogens is 1. The maximum absolute atomic E-state index is 13.5. The van der Waals surface area contributed by atoms with Crippen LogP contribution in [0, 0.1) is 26.7 Å². The Bertz CT molecular complexity index is 1140. The number of ketones is 1. The predicted molar refractivity (Wildman–Crippen MR) is 120 cm³/mol. The van der Waals surface area contributed by atoms with Crippen molar-refractivity contribution in [2.24, 2.45) is 11.7 Å². The van der Waals surface area contributed by atoms with Crippen LogP contribution in [-0.2, 0) is 4.79 Å². The van der Waals surface area contributed by atoms with Crippen molar-refractivity contribution in [3.8, 4) is 0 Å². The van der Waals surface area contributed by atoms with Crippen molar-refractivity contribution in [3.63, 3.8) is 0 Å². The fourth-order valence-corrected chi connectivity index (χ4v) is 4.23. The maximum Gasteiger partial charge on any atom is 0.220 e. The van der Waals surface area contributed by atoms with Gasteiger partial charge in [-0.05, 0) is 62.9 Å². The number of fused-ring (bicyclic) bond motifs is 1. The molecule has 0 bridgehead atoms. The van der Waals surface area contributed by atoms with Gasteiger partial charge in [-0.1, -0.05) is 23.8 Å². The number of piperidine rings is 1. The lowest BCUT2D eigenvalue weighted by Gasteiger charge is -2.34. The molecule has 30 heavy (non-hydrogen) atoms. The summed E-state index contributed by atoms with van der Waals surface area (Å²) in [5, 5.41) is 0.974. The number of amides is 1. The van der Waals surface area contributed by atoms with Crippen LogP contribution < -0.4 is 10.6 Å². The van der Waals surface area contributed by atoms with Crippen molar-refractivity contribution in [2.75, 3.05) is 18.0 Å². The number of hydrogen-bond acceptors (Lipinski definition) is 4. The monoisotopic (exact) mass is 401 g/mol. The normalized spacial score (nSPS) is 14.8. The lowest BCUT2D eigenvalue weighted by atomic mass is 9.93. The zero-order valence-electron chi connectivity index (χ0n) is 17.7. The maximum atomic E-state index is 13.5. The van der Waals surface area contributed by atoms with E-state index in [1.54, 1.807) is 6.20 Å². The molecule has 0 atom stereocenters. The van der Waals surface area contributed by atoms with Gasteiger partial charge >= 0.3 is 0 Å². The SMILES string of the molecule is Cc1ccc2ncc(C(=O)c3ccc(C)c(C)c3)c(N3CCC(C(N)=O)CC3)c2c1. The van der Waals surface area contributed by atoms with Crippen molar-refractivity contribution >= 4 is 28.3 Å². The molecular weight excluding hydrogens is 374 g/mol. The molecule has 5 heteroatoms. The molecule has 3 aromatic rings. The highest BCUT2D eigenvalue weighted by atomic mass is 16.1. The molecule has 154 valence electrons. The highest BCUT2D eigenvalue weighted by Gasteiger charge is 2.28. The Balaban J connectivity index is 1.83. The standard InChI is InChI=1S/C25H27N3O2/c1-15-4-7-22-20(12-15)23(28-10-8-18(9-11-28)25(26)30)21(14-27-22)24(29)19-6-5-16(2)17(3)13-19/h4-7,12-14,18H,8-11H2,1-3H3,(H2,26,30). The molecule has 0 radical (unpaired) electrons. The van der Waals surface area contributed by atoms with Crippen molar-refractivity contribution in [1.29, 1.82) is 0 Å². The van der Waals surface area contributed by atoms with E-state index >= 15 is 0 Å². The van der Waals surface area contributed by atoms with Crippen LogP contribution in [0.5, 0.6) is 0 Å². The average molecular weight is 402 g/mol. The summed E-state index contributed by atoms with van der Waals surface area (Å²) in [6.07, 6.45) is 3.09. The van der Waals surface area contributed by atoms with Crippen molar-refractivity contribution in [1.82, 2.24) is 4.98 Å². The van der Waals surface area contributed by atoms with Gasteiger partial charge in [0.15, 0.2) is 5.78 Å². The van der Waals surface area contributed by atoms with Gasteiger partial charge in [-0.15, -0.1) is 0 Å². The highest BCUT2D eigenvalue weighted by molar-refractivity contribution is 6.16. The Kier molecular flexibility index (Phi) is 5.29. The first-order chi connectivity index (χ1) is 14.3. The summed E-state index contributed by atoms with van der Waals surface area (Å²) >= 11 is 0. The lowest BCUT2D eigenvalue weighted by molar-refractivity contribution is -0.122. The number of pyridine rings is 1. The molecule has 1 saturated heterocycles. The minimum absolute atomic E-state index is 0.0268. The number of anilines is 1. The third kappa shape index (κ3) is 3.67. The van der Waals surface area contributed by atoms with Gasteiger partial charge in [-0.3, -0.25) is 14.6 Å². The third-order valence-corrected chi connectivity index (χ3v) is 6.22. The average Bonchev–Trinajstić information content (AvgIpc) is 2.74. The first kappa shape index (κ1) is 20.1. The molecule has 2 aromatic carbocycles. The van der Waals surface area contributed by atoms with Gasteiger partial charge in [-0.2, -0.15) is 0 Å². The lowest BCUT2D eigenvalue weighted by Crippen LogP contribution is -2.39. The molecule has 0 unspecified atom stereocenters. The zero-order valence-corrected chi connectivity index (χ0v) is 17.7. The molecule has 1 aromatic heterocycles. The van der Waals surface area contributed by atoms with Gasteiger partial charge < -0.3 is 10.6 Å². The Morgan fingerprint density at radius 2 is 1.73 bits per heavy atom. The number of hydrogen-bond donors (Lipinski definition) is 1. The van der Waals surface area contributed by atoms with Gasteiger partial charge in [0, 0.05) is 36.2 Å². The molecule has 0 aliphatic carbocycles. The second kappa shape index (κ2) is 7.90. The Morgan fingerprint density at radius 3 is 2.40 bits per heavy atom. The van der Waals surface area contributed by atoms with Crippen molar-refractivity contribution in [2.45, 2.75) is 33.6 Å². The van der Waals surface area contributed by atoms with Crippen LogP contribution >= 0.6 is 0 Å². The van der Waals surface area contributed by atoms with Crippen LogP contribution in [-0.4, -0.2) is 29.8 Å². The molecule has 1 aliphatic heterocycles. The Morgan fingerprint density at radius 1 is 1.00 bits per heavy atom. The van der Waals surface area contributed by atoms with E-state index in [4.69, 9.17) is 5.73 Å². The number of benzene rings is 2. The van der Waals surface area contributed by atoms with E-state index in [0.717, 1.165) is 33.3 Å². The van der Waals surface area contributed by atoms with E-state index in [0.29, 0.717) is 37.1 Å². The number of primary amides is 1. The summed E-state index contributed by atoms with van der Waals surface area (Å²) in [6.45, 7) is 7.48. The highest BCUT2D eigenvalue weighted by Crippen LogP contribution is 2.34. The van der Waals surface area contributed by atoms with E-state index in [-0.39, 0.29) is 17.6 Å². The van der Waals surface area contributed by atoms with E-state index in [1.807, 2.05) is 51.1 Å². The molecule has 4 rings (SSSR count). The fraction of sp³-hybridized carbons (Fsp3) is 0.320. The summed E-state index contributed by atoms with van der Waals surface area (Å²) in [4.78, 5) is 32.0. The largest absolute Gasteiger partial charge is 0.370 e. The summed E-state index contributed by atoms with van der Waals surface area (Å²) in [5.41, 5.74) is 11.9. The minimum atomic E-state index is -0.239. The van der Waals surface area contributed by atoms with Crippen molar-refractivity contribution in [3.05, 3.63) is 70.4 Å². The smallest absolute Gasteiger partial charge is 0.220 e. The molecular formula is C25H27N3O2. The van der Waals surface area contributed by atoms with Gasteiger partial charge in [0.2, 0.25) is 5.91 Å². The second-order valence-electron chi connectivity index (χ2n) is 8.33. The third-order valence-electron chi connectivity index (χ3n) is 6.22. The molecule has 5 nitrogen and oxygen atoms in total. The molecule has 2 heterocycles. The summed E-state index contributed by atoms with van der Waals surface area (Å²) < 4.78 is 0. The van der Waals surface area contributed by atoms with Gasteiger partial charge in [0.1, 0.15) is 0 Å². The van der Waals surface area contributed by atoms with E-state index in [2.05, 4.69) is 16.0 Å². The van der Waals surface area contributed by atoms with E-state index < -0.39 is 0 Å². The van der Waals surface area contributed by atoms with Crippen LogP contribution in [0.2, 0.25) is 0 Å². The quantitative estimate of drug-likeness (QED) is 0.668. The Labute approximate surface area is 176 Å². The van der Waals surface area contributed by atoms with Crippen LogP contribution in [0.1, 0.15) is 45.5 Å². The molecule has 0 saturated carbocycles. The molecule has 2 N–H and O–H groups in total. The number of carbonyl (C=O) groups excluding carboxylic acids is 2. The summed E-state index contributed by atoms with van der Waals surface area (Å²) in [7, 11) is 0. The minimum Gasteiger partial charge on any atom is -0.370 e. The van der Waals surface area contributed by atoms with Crippen molar-refractivity contribution < 1.29 is 9.59 Å². The first-order valence-electron chi connectivity index (χ1n) is 10.4. The number of nitrogens with zero attached hydrogens (tertiary/aromatic N) is 2. The predicted octanol–water partition coefficient (Wildman–Crippen LogP) is 4.09. The second-order valence-corrected chi connectivity index (χ2v) is 8.33.